The molecule has 0 unspecified atom stereocenters. The standard InChI is InChI=1S/C24H22BrN5O4/c1-29-5-7-30(8-6-29)24(33)16-12-17(25)21-18(13-16)26-23(32)22(21)28-27-20(31)11-14-2-3-19-15(10-14)4-9-34-19/h2-4,9-10,12-13,26,32H,5-8,11H2,1H3. The Labute approximate surface area is 203 Å². The van der Waals surface area contributed by atoms with Crippen molar-refractivity contribution in [3.05, 3.63) is 58.3 Å². The molecular weight excluding hydrogens is 502 g/mol. The van der Waals surface area contributed by atoms with Gasteiger partial charge in [-0.3, -0.25) is 9.59 Å². The van der Waals surface area contributed by atoms with Crippen LogP contribution in [-0.2, 0) is 11.2 Å². The molecule has 0 radical (unpaired) electrons. The molecule has 2 N–H and O–H groups in total. The number of H-pyrrole nitrogens is 1. The van der Waals surface area contributed by atoms with Crippen LogP contribution in [0.3, 0.4) is 0 Å². The molecule has 2 amide bonds. The summed E-state index contributed by atoms with van der Waals surface area (Å²) in [6.45, 7) is 2.98. The third-order valence-corrected chi connectivity index (χ3v) is 6.60. The van der Waals surface area contributed by atoms with Crippen molar-refractivity contribution in [2.24, 2.45) is 10.2 Å². The van der Waals surface area contributed by atoms with E-state index in [9.17, 15) is 14.7 Å². The average molecular weight is 524 g/mol. The number of aromatic hydroxyl groups is 1. The van der Waals surface area contributed by atoms with Gasteiger partial charge in [-0.25, -0.2) is 0 Å². The first-order chi connectivity index (χ1) is 16.4. The van der Waals surface area contributed by atoms with Crippen molar-refractivity contribution in [2.45, 2.75) is 6.42 Å². The molecule has 1 fully saturated rings. The van der Waals surface area contributed by atoms with E-state index in [1.54, 1.807) is 30.5 Å². The van der Waals surface area contributed by atoms with Crippen LogP contribution < -0.4 is 0 Å². The Morgan fingerprint density at radius 2 is 1.94 bits per heavy atom. The molecule has 2 aromatic carbocycles. The van der Waals surface area contributed by atoms with E-state index in [1.165, 1.54) is 0 Å². The highest BCUT2D eigenvalue weighted by Gasteiger charge is 2.23. The highest BCUT2D eigenvalue weighted by molar-refractivity contribution is 9.10. The van der Waals surface area contributed by atoms with Gasteiger partial charge < -0.3 is 24.3 Å². The number of benzene rings is 2. The van der Waals surface area contributed by atoms with Gasteiger partial charge in [-0.1, -0.05) is 6.07 Å². The Kier molecular flexibility index (Phi) is 5.93. The minimum Gasteiger partial charge on any atom is -0.493 e. The van der Waals surface area contributed by atoms with E-state index in [0.29, 0.717) is 34.0 Å². The van der Waals surface area contributed by atoms with Gasteiger partial charge in [-0.05, 0) is 58.9 Å². The average Bonchev–Trinajstić information content (AvgIpc) is 3.41. The zero-order valence-electron chi connectivity index (χ0n) is 18.4. The van der Waals surface area contributed by atoms with Crippen LogP contribution in [0.2, 0.25) is 0 Å². The fourth-order valence-electron chi connectivity index (χ4n) is 4.11. The van der Waals surface area contributed by atoms with Gasteiger partial charge in [-0.2, -0.15) is 0 Å². The van der Waals surface area contributed by atoms with Crippen molar-refractivity contribution in [3.8, 4) is 5.88 Å². The highest BCUT2D eigenvalue weighted by atomic mass is 79.9. The Bertz CT molecular complexity index is 1430. The van der Waals surface area contributed by atoms with E-state index in [0.717, 1.165) is 29.6 Å². The smallest absolute Gasteiger partial charge is 0.269 e. The number of amides is 2. The Balaban J connectivity index is 1.36. The first kappa shape index (κ1) is 22.3. The monoisotopic (exact) mass is 523 g/mol. The van der Waals surface area contributed by atoms with Gasteiger partial charge in [0.15, 0.2) is 5.69 Å². The molecule has 34 heavy (non-hydrogen) atoms. The number of nitrogens with one attached hydrogen (secondary N) is 1. The predicted molar refractivity (Wildman–Crippen MR) is 131 cm³/mol. The van der Waals surface area contributed by atoms with Crippen LogP contribution in [0.15, 0.2) is 61.8 Å². The first-order valence-electron chi connectivity index (χ1n) is 10.8. The van der Waals surface area contributed by atoms with Crippen molar-refractivity contribution < 1.29 is 19.1 Å². The van der Waals surface area contributed by atoms with E-state index in [-0.39, 0.29) is 23.9 Å². The zero-order valence-corrected chi connectivity index (χ0v) is 20.0. The molecule has 5 rings (SSSR count). The molecular formula is C24H22BrN5O4. The number of fused-ring (bicyclic) bond motifs is 2. The van der Waals surface area contributed by atoms with Crippen molar-refractivity contribution in [2.75, 3.05) is 33.2 Å². The lowest BCUT2D eigenvalue weighted by molar-refractivity contribution is -0.117. The van der Waals surface area contributed by atoms with E-state index in [1.807, 2.05) is 24.1 Å². The fourth-order valence-corrected chi connectivity index (χ4v) is 4.75. The van der Waals surface area contributed by atoms with E-state index < -0.39 is 5.91 Å². The molecule has 2 aromatic heterocycles. The van der Waals surface area contributed by atoms with Crippen molar-refractivity contribution in [1.82, 2.24) is 14.8 Å². The Hall–Kier alpha value is -3.50. The minimum atomic E-state index is -0.449. The fraction of sp³-hybridized carbons (Fsp3) is 0.250. The van der Waals surface area contributed by atoms with E-state index >= 15 is 0 Å². The lowest BCUT2D eigenvalue weighted by Crippen LogP contribution is -2.47. The molecule has 0 spiro atoms. The summed E-state index contributed by atoms with van der Waals surface area (Å²) < 4.78 is 5.89. The number of halogens is 1. The van der Waals surface area contributed by atoms with Crippen LogP contribution in [0.25, 0.3) is 21.9 Å². The second-order valence-corrected chi connectivity index (χ2v) is 9.22. The lowest BCUT2D eigenvalue weighted by Gasteiger charge is -2.32. The maximum absolute atomic E-state index is 13.0. The van der Waals surface area contributed by atoms with Crippen molar-refractivity contribution in [1.29, 1.82) is 0 Å². The number of aromatic amines is 1. The number of carbonyl (C=O) groups excluding carboxylic acids is 2. The van der Waals surface area contributed by atoms with Gasteiger partial charge in [0.05, 0.1) is 18.2 Å². The van der Waals surface area contributed by atoms with Crippen LogP contribution in [0, 0.1) is 0 Å². The molecule has 10 heteroatoms. The number of carbonyl (C=O) groups is 2. The van der Waals surface area contributed by atoms with Crippen molar-refractivity contribution in [3.63, 3.8) is 0 Å². The SMILES string of the molecule is CN1CCN(C(=O)c2cc(Br)c3c(N=NC(=O)Cc4ccc5occc5c4)c(O)[nH]c3c2)CC1. The summed E-state index contributed by atoms with van der Waals surface area (Å²) in [6.07, 6.45) is 1.66. The summed E-state index contributed by atoms with van der Waals surface area (Å²) in [5, 5.41) is 19.7. The number of nitrogens with zero attached hydrogens (tertiary/aromatic N) is 4. The molecule has 0 saturated carbocycles. The summed E-state index contributed by atoms with van der Waals surface area (Å²) in [5.74, 6) is -0.747. The Morgan fingerprint density at radius 3 is 2.74 bits per heavy atom. The molecule has 0 bridgehead atoms. The second kappa shape index (κ2) is 9.03. The van der Waals surface area contributed by atoms with Crippen LogP contribution in [0.1, 0.15) is 15.9 Å². The Morgan fingerprint density at radius 1 is 1.15 bits per heavy atom. The normalized spacial score (nSPS) is 15.1. The molecule has 1 aliphatic heterocycles. The van der Waals surface area contributed by atoms with Gasteiger partial charge in [0, 0.05) is 47.0 Å². The topological polar surface area (TPSA) is 114 Å². The minimum absolute atomic E-state index is 0.0680. The third-order valence-electron chi connectivity index (χ3n) is 5.98. The number of aromatic nitrogens is 1. The van der Waals surface area contributed by atoms with Gasteiger partial charge in [0.1, 0.15) is 5.58 Å². The number of furan rings is 1. The quantitative estimate of drug-likeness (QED) is 0.378. The summed E-state index contributed by atoms with van der Waals surface area (Å²) in [5.41, 5.74) is 2.70. The number of piperazine rings is 1. The van der Waals surface area contributed by atoms with Crippen LogP contribution in [0.4, 0.5) is 5.69 Å². The molecule has 174 valence electrons. The van der Waals surface area contributed by atoms with Crippen molar-refractivity contribution >= 4 is 55.3 Å². The summed E-state index contributed by atoms with van der Waals surface area (Å²) in [4.78, 5) is 32.2. The van der Waals surface area contributed by atoms with E-state index in [2.05, 4.69) is 36.0 Å². The lowest BCUT2D eigenvalue weighted by atomic mass is 10.1. The maximum Gasteiger partial charge on any atom is 0.269 e. The second-order valence-electron chi connectivity index (χ2n) is 8.36. The zero-order chi connectivity index (χ0) is 23.8. The molecule has 9 nitrogen and oxygen atoms in total. The van der Waals surface area contributed by atoms with E-state index in [4.69, 9.17) is 4.42 Å². The van der Waals surface area contributed by atoms with Crippen LogP contribution >= 0.6 is 15.9 Å². The third kappa shape index (κ3) is 4.34. The van der Waals surface area contributed by atoms with Gasteiger partial charge in [-0.15, -0.1) is 10.2 Å². The summed E-state index contributed by atoms with van der Waals surface area (Å²) in [6, 6.07) is 10.7. The predicted octanol–water partition coefficient (Wildman–Crippen LogP) is 4.62. The molecule has 3 heterocycles. The number of hydrogen-bond donors (Lipinski definition) is 2. The number of hydrogen-bond acceptors (Lipinski definition) is 6. The molecule has 1 saturated heterocycles. The highest BCUT2D eigenvalue weighted by Crippen LogP contribution is 2.40. The molecule has 0 aliphatic carbocycles. The number of likely N-dealkylation sites (N-methyl/N-ethyl adjacent to an activating group) is 1. The molecule has 0 atom stereocenters. The van der Waals surface area contributed by atoms with Crippen LogP contribution in [0.5, 0.6) is 5.88 Å². The largest absolute Gasteiger partial charge is 0.493 e. The molecule has 1 aliphatic rings. The number of rotatable bonds is 4. The summed E-state index contributed by atoms with van der Waals surface area (Å²) >= 11 is 3.49. The maximum atomic E-state index is 13.0. The van der Waals surface area contributed by atoms with Gasteiger partial charge >= 0.3 is 0 Å². The first-order valence-corrected chi connectivity index (χ1v) is 11.6. The molecule has 4 aromatic rings. The van der Waals surface area contributed by atoms with Crippen LogP contribution in [-0.4, -0.2) is 64.9 Å². The van der Waals surface area contributed by atoms with Gasteiger partial charge in [0.25, 0.3) is 11.8 Å². The number of azo groups is 1. The summed E-state index contributed by atoms with van der Waals surface area (Å²) in [7, 11) is 2.03. The van der Waals surface area contributed by atoms with Gasteiger partial charge in [0.2, 0.25) is 5.88 Å².